The van der Waals surface area contributed by atoms with Crippen LogP contribution in [0.15, 0.2) is 18.2 Å². The van der Waals surface area contributed by atoms with E-state index >= 15 is 0 Å². The van der Waals surface area contributed by atoms with E-state index in [9.17, 15) is 14.3 Å². The summed E-state index contributed by atoms with van der Waals surface area (Å²) < 4.78 is 18.8. The van der Waals surface area contributed by atoms with Crippen LogP contribution in [0, 0.1) is 11.7 Å². The molecule has 1 unspecified atom stereocenters. The van der Waals surface area contributed by atoms with E-state index in [4.69, 9.17) is 16.3 Å². The molecule has 2 fully saturated rings. The van der Waals surface area contributed by atoms with Gasteiger partial charge in [-0.25, -0.2) is 4.39 Å². The molecule has 0 radical (unpaired) electrons. The van der Waals surface area contributed by atoms with Gasteiger partial charge in [0.25, 0.3) is 0 Å². The molecule has 2 aliphatic heterocycles. The number of carbonyl (C=O) groups is 1. The molecule has 1 aromatic carbocycles. The molecular formula is C15H17ClFNO3. The Bertz CT molecular complexity index is 554. The Kier molecular flexibility index (Phi) is 4.15. The molecule has 0 aromatic heterocycles. The second-order valence-corrected chi connectivity index (χ2v) is 6.06. The van der Waals surface area contributed by atoms with Gasteiger partial charge >= 0.3 is 5.97 Å². The SMILES string of the molecule is O=C(O)C(c1ccc(F)cc1Cl)N1CC[C@@H]2OCC[C@@H]2C1. The number of benzene rings is 1. The lowest BCUT2D eigenvalue weighted by Crippen LogP contribution is -2.45. The molecule has 3 rings (SSSR count). The molecule has 114 valence electrons. The second-order valence-electron chi connectivity index (χ2n) is 5.65. The fraction of sp³-hybridized carbons (Fsp3) is 0.533. The molecule has 2 saturated heterocycles. The van der Waals surface area contributed by atoms with E-state index < -0.39 is 17.8 Å². The van der Waals surface area contributed by atoms with Crippen LogP contribution in [0.5, 0.6) is 0 Å². The number of aliphatic carboxylic acids is 1. The van der Waals surface area contributed by atoms with Crippen molar-refractivity contribution in [3.8, 4) is 0 Å². The van der Waals surface area contributed by atoms with Gasteiger partial charge in [0.2, 0.25) is 0 Å². The number of rotatable bonds is 3. The molecule has 21 heavy (non-hydrogen) atoms. The first-order valence-electron chi connectivity index (χ1n) is 7.09. The Morgan fingerprint density at radius 3 is 3.00 bits per heavy atom. The van der Waals surface area contributed by atoms with Crippen molar-refractivity contribution < 1.29 is 19.0 Å². The van der Waals surface area contributed by atoms with Crippen molar-refractivity contribution in [3.05, 3.63) is 34.6 Å². The predicted molar refractivity (Wildman–Crippen MR) is 75.8 cm³/mol. The first kappa shape index (κ1) is 14.8. The van der Waals surface area contributed by atoms with Crippen molar-refractivity contribution in [2.45, 2.75) is 25.0 Å². The van der Waals surface area contributed by atoms with Gasteiger partial charge in [0, 0.05) is 30.6 Å². The van der Waals surface area contributed by atoms with Gasteiger partial charge < -0.3 is 9.84 Å². The van der Waals surface area contributed by atoms with Gasteiger partial charge in [-0.1, -0.05) is 17.7 Å². The van der Waals surface area contributed by atoms with E-state index in [2.05, 4.69) is 0 Å². The topological polar surface area (TPSA) is 49.8 Å². The number of nitrogens with zero attached hydrogens (tertiary/aromatic N) is 1. The van der Waals surface area contributed by atoms with Gasteiger partial charge in [-0.05, 0) is 30.5 Å². The highest BCUT2D eigenvalue weighted by atomic mass is 35.5. The Morgan fingerprint density at radius 1 is 1.48 bits per heavy atom. The molecule has 3 atom stereocenters. The van der Waals surface area contributed by atoms with Gasteiger partial charge in [0.05, 0.1) is 6.10 Å². The second kappa shape index (κ2) is 5.91. The largest absolute Gasteiger partial charge is 0.480 e. The highest BCUT2D eigenvalue weighted by Crippen LogP contribution is 2.35. The molecule has 0 aliphatic carbocycles. The van der Waals surface area contributed by atoms with Crippen molar-refractivity contribution in [2.75, 3.05) is 19.7 Å². The Hall–Kier alpha value is -1.17. The smallest absolute Gasteiger partial charge is 0.325 e. The van der Waals surface area contributed by atoms with E-state index in [1.165, 1.54) is 12.1 Å². The summed E-state index contributed by atoms with van der Waals surface area (Å²) in [5.41, 5.74) is 0.447. The molecule has 4 nitrogen and oxygen atoms in total. The molecule has 0 spiro atoms. The van der Waals surface area contributed by atoms with Crippen LogP contribution in [-0.4, -0.2) is 41.8 Å². The minimum Gasteiger partial charge on any atom is -0.480 e. The number of hydrogen-bond acceptors (Lipinski definition) is 3. The number of piperidine rings is 1. The fourth-order valence-electron chi connectivity index (χ4n) is 3.35. The molecule has 1 N–H and O–H groups in total. The molecule has 2 aliphatic rings. The maximum atomic E-state index is 13.2. The van der Waals surface area contributed by atoms with E-state index in [1.54, 1.807) is 0 Å². The summed E-state index contributed by atoms with van der Waals surface area (Å²) in [6.45, 7) is 2.07. The van der Waals surface area contributed by atoms with Gasteiger partial charge in [-0.15, -0.1) is 0 Å². The third-order valence-electron chi connectivity index (χ3n) is 4.37. The first-order valence-corrected chi connectivity index (χ1v) is 7.47. The third kappa shape index (κ3) is 2.91. The van der Waals surface area contributed by atoms with Crippen molar-refractivity contribution in [2.24, 2.45) is 5.92 Å². The summed E-state index contributed by atoms with van der Waals surface area (Å²) in [5, 5.41) is 9.75. The number of carboxylic acids is 1. The van der Waals surface area contributed by atoms with Crippen molar-refractivity contribution >= 4 is 17.6 Å². The number of carboxylic acid groups (broad SMARTS) is 1. The van der Waals surface area contributed by atoms with Crippen molar-refractivity contribution in [3.63, 3.8) is 0 Å². The summed E-state index contributed by atoms with van der Waals surface area (Å²) in [4.78, 5) is 13.6. The Balaban J connectivity index is 1.86. The Labute approximate surface area is 127 Å². The van der Waals surface area contributed by atoms with E-state index in [0.29, 0.717) is 24.6 Å². The van der Waals surface area contributed by atoms with Gasteiger partial charge in [-0.2, -0.15) is 0 Å². The molecule has 0 saturated carbocycles. The zero-order chi connectivity index (χ0) is 15.0. The molecular weight excluding hydrogens is 297 g/mol. The Morgan fingerprint density at radius 2 is 2.29 bits per heavy atom. The summed E-state index contributed by atoms with van der Waals surface area (Å²) >= 11 is 6.04. The van der Waals surface area contributed by atoms with Crippen LogP contribution >= 0.6 is 11.6 Å². The molecule has 0 amide bonds. The highest BCUT2D eigenvalue weighted by Gasteiger charge is 2.39. The molecule has 2 heterocycles. The van der Waals surface area contributed by atoms with E-state index in [-0.39, 0.29) is 11.1 Å². The lowest BCUT2D eigenvalue weighted by atomic mass is 9.92. The monoisotopic (exact) mass is 313 g/mol. The normalized spacial score (nSPS) is 27.3. The number of ether oxygens (including phenoxy) is 1. The quantitative estimate of drug-likeness (QED) is 0.932. The third-order valence-corrected chi connectivity index (χ3v) is 4.70. The minimum absolute atomic E-state index is 0.159. The maximum Gasteiger partial charge on any atom is 0.325 e. The summed E-state index contributed by atoms with van der Waals surface area (Å²) in [6.07, 6.45) is 2.04. The standard InChI is InChI=1S/C15H17ClFNO3/c16-12-7-10(17)1-2-11(12)14(15(19)20)18-5-3-13-9(8-18)4-6-21-13/h1-2,7,9,13-14H,3-6,8H2,(H,19,20)/t9-,13+,14?/m1/s1. The van der Waals surface area contributed by atoms with Crippen LogP contribution in [0.4, 0.5) is 4.39 Å². The first-order chi connectivity index (χ1) is 10.1. The van der Waals surface area contributed by atoms with Gasteiger partial charge in [0.1, 0.15) is 11.9 Å². The molecule has 0 bridgehead atoms. The number of fused-ring (bicyclic) bond motifs is 1. The zero-order valence-corrected chi connectivity index (χ0v) is 12.2. The molecule has 1 aromatic rings. The van der Waals surface area contributed by atoms with Crippen molar-refractivity contribution in [1.82, 2.24) is 4.90 Å². The number of likely N-dealkylation sites (tertiary alicyclic amines) is 1. The zero-order valence-electron chi connectivity index (χ0n) is 11.5. The van der Waals surface area contributed by atoms with E-state index in [0.717, 1.165) is 25.5 Å². The lowest BCUT2D eigenvalue weighted by Gasteiger charge is -2.37. The van der Waals surface area contributed by atoms with Gasteiger partial charge in [0.15, 0.2) is 0 Å². The van der Waals surface area contributed by atoms with Crippen LogP contribution in [0.3, 0.4) is 0 Å². The summed E-state index contributed by atoms with van der Waals surface area (Å²) in [7, 11) is 0. The number of halogens is 2. The summed E-state index contributed by atoms with van der Waals surface area (Å²) in [6, 6.07) is 3.05. The van der Waals surface area contributed by atoms with Crippen molar-refractivity contribution in [1.29, 1.82) is 0 Å². The highest BCUT2D eigenvalue weighted by molar-refractivity contribution is 6.31. The average Bonchev–Trinajstić information content (AvgIpc) is 2.88. The van der Waals surface area contributed by atoms with Gasteiger partial charge in [-0.3, -0.25) is 9.69 Å². The van der Waals surface area contributed by atoms with Crippen LogP contribution in [0.2, 0.25) is 5.02 Å². The van der Waals surface area contributed by atoms with Crippen LogP contribution in [0.1, 0.15) is 24.4 Å². The van der Waals surface area contributed by atoms with Crippen LogP contribution in [-0.2, 0) is 9.53 Å². The summed E-state index contributed by atoms with van der Waals surface area (Å²) in [5.74, 6) is -1.04. The van der Waals surface area contributed by atoms with Crippen LogP contribution < -0.4 is 0 Å². The minimum atomic E-state index is -0.958. The predicted octanol–water partition coefficient (Wildman–Crippen LogP) is 2.72. The van der Waals surface area contributed by atoms with Crippen LogP contribution in [0.25, 0.3) is 0 Å². The fourth-order valence-corrected chi connectivity index (χ4v) is 3.62. The molecule has 6 heteroatoms. The number of hydrogen-bond donors (Lipinski definition) is 1. The van der Waals surface area contributed by atoms with E-state index in [1.807, 2.05) is 4.90 Å². The lowest BCUT2D eigenvalue weighted by molar-refractivity contribution is -0.145. The maximum absolute atomic E-state index is 13.2. The average molecular weight is 314 g/mol.